The van der Waals surface area contributed by atoms with E-state index in [4.69, 9.17) is 14.2 Å². The monoisotopic (exact) mass is 279 g/mol. The normalized spacial score (nSPS) is 20.9. The van der Waals surface area contributed by atoms with E-state index in [9.17, 15) is 4.79 Å². The fourth-order valence-electron chi connectivity index (χ4n) is 2.86. The number of carbonyl (C=O) groups excluding carboxylic acids is 1. The standard InChI is InChI=1S/C15H21NO4/c1-14(2,3)20-13(17)16-7-5-11-10-15(6-4-12(11)16)18-8-9-19-15/h5,7H,4,6,8-10H2,1-3H3. The van der Waals surface area contributed by atoms with Crippen LogP contribution < -0.4 is 0 Å². The summed E-state index contributed by atoms with van der Waals surface area (Å²) in [4.78, 5) is 12.2. The van der Waals surface area contributed by atoms with Crippen molar-refractivity contribution in [1.82, 2.24) is 4.57 Å². The molecule has 0 aromatic carbocycles. The average Bonchev–Trinajstić information content (AvgIpc) is 2.94. The highest BCUT2D eigenvalue weighted by molar-refractivity contribution is 5.72. The second kappa shape index (κ2) is 4.60. The van der Waals surface area contributed by atoms with Crippen molar-refractivity contribution in [3.8, 4) is 0 Å². The molecule has 110 valence electrons. The Morgan fingerprint density at radius 1 is 1.35 bits per heavy atom. The van der Waals surface area contributed by atoms with Crippen LogP contribution in [0, 0.1) is 0 Å². The molecule has 1 spiro atoms. The summed E-state index contributed by atoms with van der Waals surface area (Å²) in [6.07, 6.45) is 3.72. The minimum atomic E-state index is -0.484. The highest BCUT2D eigenvalue weighted by Gasteiger charge is 2.41. The molecule has 1 saturated heterocycles. The van der Waals surface area contributed by atoms with Gasteiger partial charge in [-0.05, 0) is 38.8 Å². The molecule has 1 aliphatic heterocycles. The van der Waals surface area contributed by atoms with E-state index < -0.39 is 11.4 Å². The topological polar surface area (TPSA) is 49.7 Å². The van der Waals surface area contributed by atoms with Crippen molar-refractivity contribution in [2.45, 2.75) is 51.4 Å². The zero-order valence-corrected chi connectivity index (χ0v) is 12.3. The predicted octanol–water partition coefficient (Wildman–Crippen LogP) is 2.50. The number of hydrogen-bond donors (Lipinski definition) is 0. The van der Waals surface area contributed by atoms with Crippen LogP contribution in [0.15, 0.2) is 12.3 Å². The Kier molecular flexibility index (Phi) is 3.14. The molecule has 0 amide bonds. The molecule has 0 bridgehead atoms. The molecule has 1 aromatic rings. The number of ether oxygens (including phenoxy) is 3. The first-order valence-electron chi connectivity index (χ1n) is 7.09. The summed E-state index contributed by atoms with van der Waals surface area (Å²) in [5.74, 6) is -0.465. The van der Waals surface area contributed by atoms with Gasteiger partial charge in [0, 0.05) is 24.7 Å². The van der Waals surface area contributed by atoms with Crippen molar-refractivity contribution in [2.75, 3.05) is 13.2 Å². The van der Waals surface area contributed by atoms with Crippen LogP contribution in [-0.4, -0.2) is 35.3 Å². The summed E-state index contributed by atoms with van der Waals surface area (Å²) in [6, 6.07) is 1.96. The van der Waals surface area contributed by atoms with Gasteiger partial charge in [0.25, 0.3) is 0 Å². The molecule has 0 unspecified atom stereocenters. The Morgan fingerprint density at radius 3 is 2.70 bits per heavy atom. The van der Waals surface area contributed by atoms with Gasteiger partial charge in [-0.15, -0.1) is 0 Å². The van der Waals surface area contributed by atoms with Gasteiger partial charge in [-0.3, -0.25) is 4.57 Å². The van der Waals surface area contributed by atoms with Crippen molar-refractivity contribution < 1.29 is 19.0 Å². The highest BCUT2D eigenvalue weighted by atomic mass is 16.7. The Hall–Kier alpha value is -1.33. The fourth-order valence-corrected chi connectivity index (χ4v) is 2.86. The Bertz CT molecular complexity index is 520. The molecule has 20 heavy (non-hydrogen) atoms. The molecule has 0 atom stereocenters. The Balaban J connectivity index is 1.81. The SMILES string of the molecule is CC(C)(C)OC(=O)n1ccc2c1CCC1(C2)OCCO1. The van der Waals surface area contributed by atoms with E-state index in [1.165, 1.54) is 0 Å². The Morgan fingerprint density at radius 2 is 2.05 bits per heavy atom. The number of aromatic nitrogens is 1. The number of carbonyl (C=O) groups is 1. The molecule has 0 saturated carbocycles. The zero-order chi connectivity index (χ0) is 14.4. The molecule has 5 heteroatoms. The average molecular weight is 279 g/mol. The summed E-state index contributed by atoms with van der Waals surface area (Å²) >= 11 is 0. The van der Waals surface area contributed by atoms with Crippen molar-refractivity contribution in [1.29, 1.82) is 0 Å². The summed E-state index contributed by atoms with van der Waals surface area (Å²) in [6.45, 7) is 6.92. The fraction of sp³-hybridized carbons (Fsp3) is 0.667. The van der Waals surface area contributed by atoms with Crippen LogP contribution in [0.4, 0.5) is 4.79 Å². The lowest BCUT2D eigenvalue weighted by atomic mass is 9.92. The third kappa shape index (κ3) is 2.47. The molecule has 0 radical (unpaired) electrons. The van der Waals surface area contributed by atoms with Gasteiger partial charge < -0.3 is 14.2 Å². The summed E-state index contributed by atoms with van der Waals surface area (Å²) < 4.78 is 18.5. The van der Waals surface area contributed by atoms with E-state index in [2.05, 4.69) is 0 Å². The largest absolute Gasteiger partial charge is 0.443 e. The molecule has 2 heterocycles. The van der Waals surface area contributed by atoms with E-state index >= 15 is 0 Å². The lowest BCUT2D eigenvalue weighted by Crippen LogP contribution is -2.37. The molecule has 1 fully saturated rings. The summed E-state index contributed by atoms with van der Waals surface area (Å²) in [5.41, 5.74) is 1.65. The van der Waals surface area contributed by atoms with Crippen LogP contribution >= 0.6 is 0 Å². The van der Waals surface area contributed by atoms with E-state index in [1.54, 1.807) is 10.8 Å². The molecule has 0 N–H and O–H groups in total. The van der Waals surface area contributed by atoms with Gasteiger partial charge in [-0.25, -0.2) is 4.79 Å². The summed E-state index contributed by atoms with van der Waals surface area (Å²) in [5, 5.41) is 0. The van der Waals surface area contributed by atoms with Crippen molar-refractivity contribution in [3.05, 3.63) is 23.5 Å². The van der Waals surface area contributed by atoms with Gasteiger partial charge in [0.2, 0.25) is 0 Å². The summed E-state index contributed by atoms with van der Waals surface area (Å²) in [7, 11) is 0. The number of hydrogen-bond acceptors (Lipinski definition) is 4. The van der Waals surface area contributed by atoms with Gasteiger partial charge in [0.15, 0.2) is 5.79 Å². The van der Waals surface area contributed by atoms with Crippen LogP contribution in [0.3, 0.4) is 0 Å². The van der Waals surface area contributed by atoms with Gasteiger partial charge in [-0.2, -0.15) is 0 Å². The molecule has 2 aliphatic rings. The van der Waals surface area contributed by atoms with Crippen molar-refractivity contribution in [2.24, 2.45) is 0 Å². The van der Waals surface area contributed by atoms with Gasteiger partial charge in [0.05, 0.1) is 13.2 Å². The van der Waals surface area contributed by atoms with Gasteiger partial charge in [-0.1, -0.05) is 0 Å². The second-order valence-electron chi connectivity index (χ2n) is 6.42. The van der Waals surface area contributed by atoms with Gasteiger partial charge in [0.1, 0.15) is 5.60 Å². The van der Waals surface area contributed by atoms with Crippen LogP contribution in [0.5, 0.6) is 0 Å². The van der Waals surface area contributed by atoms with E-state index in [0.29, 0.717) is 19.6 Å². The second-order valence-corrected chi connectivity index (χ2v) is 6.42. The quantitative estimate of drug-likeness (QED) is 0.732. The van der Waals surface area contributed by atoms with Crippen LogP contribution in [-0.2, 0) is 27.1 Å². The van der Waals surface area contributed by atoms with Crippen molar-refractivity contribution in [3.63, 3.8) is 0 Å². The third-order valence-electron chi connectivity index (χ3n) is 3.69. The number of fused-ring (bicyclic) bond motifs is 1. The first kappa shape index (κ1) is 13.6. The maximum Gasteiger partial charge on any atom is 0.418 e. The minimum absolute atomic E-state index is 0.317. The molecule has 1 aliphatic carbocycles. The number of rotatable bonds is 0. The zero-order valence-electron chi connectivity index (χ0n) is 12.3. The smallest absolute Gasteiger partial charge is 0.418 e. The van der Waals surface area contributed by atoms with Crippen molar-refractivity contribution >= 4 is 6.09 Å². The van der Waals surface area contributed by atoms with Crippen LogP contribution in [0.25, 0.3) is 0 Å². The lowest BCUT2D eigenvalue weighted by molar-refractivity contribution is -0.164. The van der Waals surface area contributed by atoms with Crippen LogP contribution in [0.2, 0.25) is 0 Å². The maximum absolute atomic E-state index is 12.2. The third-order valence-corrected chi connectivity index (χ3v) is 3.69. The molecule has 5 nitrogen and oxygen atoms in total. The van der Waals surface area contributed by atoms with Gasteiger partial charge >= 0.3 is 6.09 Å². The first-order chi connectivity index (χ1) is 9.39. The lowest BCUT2D eigenvalue weighted by Gasteiger charge is -2.32. The molecular weight excluding hydrogens is 258 g/mol. The predicted molar refractivity (Wildman–Crippen MR) is 72.7 cm³/mol. The highest BCUT2D eigenvalue weighted by Crippen LogP contribution is 2.35. The van der Waals surface area contributed by atoms with E-state index in [-0.39, 0.29) is 6.09 Å². The molecule has 3 rings (SSSR count). The van der Waals surface area contributed by atoms with E-state index in [0.717, 1.165) is 24.1 Å². The van der Waals surface area contributed by atoms with Crippen LogP contribution in [0.1, 0.15) is 38.4 Å². The van der Waals surface area contributed by atoms with E-state index in [1.807, 2.05) is 26.8 Å². The maximum atomic E-state index is 12.2. The Labute approximate surface area is 118 Å². The first-order valence-corrected chi connectivity index (χ1v) is 7.09. The molecule has 1 aromatic heterocycles. The minimum Gasteiger partial charge on any atom is -0.443 e. The molecular formula is C15H21NO4. The number of nitrogens with zero attached hydrogens (tertiary/aromatic N) is 1.